The Bertz CT molecular complexity index is 423. The van der Waals surface area contributed by atoms with E-state index in [0.717, 1.165) is 25.1 Å². The van der Waals surface area contributed by atoms with Crippen LogP contribution in [-0.4, -0.2) is 45.5 Å². The Kier molecular flexibility index (Phi) is 4.66. The minimum Gasteiger partial charge on any atom is -0.292 e. The van der Waals surface area contributed by atoms with E-state index in [-0.39, 0.29) is 11.8 Å². The standard InChI is InChI=1S/C14H19NO2S/c1-2-13(15-8-10-18(17)11-9-15)14(16)12-6-4-3-5-7-12/h3-7,13H,2,8-11H2,1H3. The van der Waals surface area contributed by atoms with E-state index in [0.29, 0.717) is 11.5 Å². The van der Waals surface area contributed by atoms with Gasteiger partial charge in [0.1, 0.15) is 0 Å². The van der Waals surface area contributed by atoms with Gasteiger partial charge in [-0.3, -0.25) is 13.9 Å². The maximum Gasteiger partial charge on any atom is 0.179 e. The minimum atomic E-state index is -0.690. The summed E-state index contributed by atoms with van der Waals surface area (Å²) in [4.78, 5) is 14.6. The number of Topliss-reactive ketones (excluding diaryl/α,β-unsaturated/α-hetero) is 1. The first kappa shape index (κ1) is 13.4. The van der Waals surface area contributed by atoms with Crippen molar-refractivity contribution in [3.05, 3.63) is 35.9 Å². The molecule has 3 nitrogen and oxygen atoms in total. The lowest BCUT2D eigenvalue weighted by Gasteiger charge is -2.32. The van der Waals surface area contributed by atoms with Gasteiger partial charge in [0.05, 0.1) is 6.04 Å². The molecule has 1 unspecified atom stereocenters. The Balaban J connectivity index is 2.09. The van der Waals surface area contributed by atoms with Crippen molar-refractivity contribution in [2.75, 3.05) is 24.6 Å². The highest BCUT2D eigenvalue weighted by atomic mass is 32.2. The fraction of sp³-hybridized carbons (Fsp3) is 0.500. The quantitative estimate of drug-likeness (QED) is 0.778. The topological polar surface area (TPSA) is 37.4 Å². The number of nitrogens with zero attached hydrogens (tertiary/aromatic N) is 1. The fourth-order valence-corrected chi connectivity index (χ4v) is 3.45. The van der Waals surface area contributed by atoms with Crippen LogP contribution in [0.4, 0.5) is 0 Å². The third-order valence-corrected chi connectivity index (χ3v) is 4.68. The van der Waals surface area contributed by atoms with Gasteiger partial charge in [0.15, 0.2) is 5.78 Å². The number of benzene rings is 1. The summed E-state index contributed by atoms with van der Waals surface area (Å²) in [6, 6.07) is 9.38. The SMILES string of the molecule is CCC(C(=O)c1ccccc1)N1CCS(=O)CC1. The van der Waals surface area contributed by atoms with Crippen molar-refractivity contribution in [3.63, 3.8) is 0 Å². The average molecular weight is 265 g/mol. The second kappa shape index (κ2) is 6.25. The highest BCUT2D eigenvalue weighted by Gasteiger charge is 2.27. The zero-order chi connectivity index (χ0) is 13.0. The van der Waals surface area contributed by atoms with Gasteiger partial charge >= 0.3 is 0 Å². The first-order valence-corrected chi connectivity index (χ1v) is 7.89. The van der Waals surface area contributed by atoms with Gasteiger partial charge in [0.2, 0.25) is 0 Å². The Morgan fingerprint density at radius 1 is 1.28 bits per heavy atom. The number of hydrogen-bond donors (Lipinski definition) is 0. The fourth-order valence-electron chi connectivity index (χ4n) is 2.37. The molecule has 1 atom stereocenters. The Morgan fingerprint density at radius 2 is 1.89 bits per heavy atom. The lowest BCUT2D eigenvalue weighted by atomic mass is 10.0. The molecule has 0 spiro atoms. The van der Waals surface area contributed by atoms with Crippen LogP contribution < -0.4 is 0 Å². The molecular formula is C14H19NO2S. The summed E-state index contributed by atoms with van der Waals surface area (Å²) in [5.74, 6) is 1.57. The third-order valence-electron chi connectivity index (χ3n) is 3.40. The molecule has 2 rings (SSSR count). The van der Waals surface area contributed by atoms with E-state index in [9.17, 15) is 9.00 Å². The molecule has 1 aliphatic heterocycles. The van der Waals surface area contributed by atoms with E-state index in [4.69, 9.17) is 0 Å². The van der Waals surface area contributed by atoms with E-state index in [1.807, 2.05) is 37.3 Å². The van der Waals surface area contributed by atoms with E-state index >= 15 is 0 Å². The monoisotopic (exact) mass is 265 g/mol. The van der Waals surface area contributed by atoms with Crippen molar-refractivity contribution in [1.29, 1.82) is 0 Å². The van der Waals surface area contributed by atoms with Crippen molar-refractivity contribution < 1.29 is 9.00 Å². The van der Waals surface area contributed by atoms with Crippen LogP contribution in [0, 0.1) is 0 Å². The van der Waals surface area contributed by atoms with E-state index in [1.165, 1.54) is 0 Å². The zero-order valence-corrected chi connectivity index (χ0v) is 11.5. The highest BCUT2D eigenvalue weighted by Crippen LogP contribution is 2.14. The van der Waals surface area contributed by atoms with Crippen LogP contribution in [0.15, 0.2) is 30.3 Å². The summed E-state index contributed by atoms with van der Waals surface area (Å²) in [5.41, 5.74) is 0.774. The molecule has 1 aromatic rings. The normalized spacial score (nSPS) is 19.6. The Hall–Kier alpha value is -1.00. The van der Waals surface area contributed by atoms with E-state index < -0.39 is 10.8 Å². The van der Waals surface area contributed by atoms with Crippen molar-refractivity contribution >= 4 is 16.6 Å². The molecule has 98 valence electrons. The summed E-state index contributed by atoms with van der Waals surface area (Å²) in [6.07, 6.45) is 0.806. The van der Waals surface area contributed by atoms with Crippen LogP contribution in [0.3, 0.4) is 0 Å². The first-order chi connectivity index (χ1) is 8.72. The predicted octanol–water partition coefficient (Wildman–Crippen LogP) is 1.71. The number of hydrogen-bond acceptors (Lipinski definition) is 3. The predicted molar refractivity (Wildman–Crippen MR) is 74.3 cm³/mol. The highest BCUT2D eigenvalue weighted by molar-refractivity contribution is 7.85. The van der Waals surface area contributed by atoms with Crippen LogP contribution >= 0.6 is 0 Å². The lowest BCUT2D eigenvalue weighted by Crippen LogP contribution is -2.47. The molecule has 0 radical (unpaired) electrons. The first-order valence-electron chi connectivity index (χ1n) is 6.40. The maximum absolute atomic E-state index is 12.4. The smallest absolute Gasteiger partial charge is 0.179 e. The third kappa shape index (κ3) is 3.06. The molecule has 0 bridgehead atoms. The molecule has 1 heterocycles. The molecule has 1 saturated heterocycles. The molecule has 0 saturated carbocycles. The summed E-state index contributed by atoms with van der Waals surface area (Å²) in [7, 11) is -0.690. The molecule has 4 heteroatoms. The van der Waals surface area contributed by atoms with Crippen molar-refractivity contribution in [3.8, 4) is 0 Å². The number of rotatable bonds is 4. The molecule has 0 aliphatic carbocycles. The zero-order valence-electron chi connectivity index (χ0n) is 10.7. The summed E-state index contributed by atoms with van der Waals surface area (Å²) in [6.45, 7) is 3.57. The molecule has 18 heavy (non-hydrogen) atoms. The second-order valence-corrected chi connectivity index (χ2v) is 6.23. The molecule has 0 aromatic heterocycles. The lowest BCUT2D eigenvalue weighted by molar-refractivity contribution is 0.0824. The van der Waals surface area contributed by atoms with Crippen LogP contribution in [0.1, 0.15) is 23.7 Å². The van der Waals surface area contributed by atoms with E-state index in [2.05, 4.69) is 4.90 Å². The number of carbonyl (C=O) groups excluding carboxylic acids is 1. The number of carbonyl (C=O) groups is 1. The molecule has 0 N–H and O–H groups in total. The van der Waals surface area contributed by atoms with Crippen molar-refractivity contribution in [1.82, 2.24) is 4.90 Å². The molecule has 1 aliphatic rings. The van der Waals surface area contributed by atoms with Crippen LogP contribution in [0.5, 0.6) is 0 Å². The van der Waals surface area contributed by atoms with Crippen LogP contribution in [0.2, 0.25) is 0 Å². The summed E-state index contributed by atoms with van der Waals surface area (Å²) in [5, 5.41) is 0. The molecule has 1 fully saturated rings. The van der Waals surface area contributed by atoms with Crippen molar-refractivity contribution in [2.45, 2.75) is 19.4 Å². The second-order valence-electron chi connectivity index (χ2n) is 4.54. The minimum absolute atomic E-state index is 0.0651. The van der Waals surface area contributed by atoms with Gasteiger partial charge in [-0.2, -0.15) is 0 Å². The van der Waals surface area contributed by atoms with Gasteiger partial charge in [-0.15, -0.1) is 0 Å². The summed E-state index contributed by atoms with van der Waals surface area (Å²) < 4.78 is 11.4. The Labute approximate surface area is 111 Å². The Morgan fingerprint density at radius 3 is 2.44 bits per heavy atom. The van der Waals surface area contributed by atoms with Gasteiger partial charge in [0.25, 0.3) is 0 Å². The summed E-state index contributed by atoms with van der Waals surface area (Å²) >= 11 is 0. The largest absolute Gasteiger partial charge is 0.292 e. The van der Waals surface area contributed by atoms with Gasteiger partial charge in [-0.05, 0) is 6.42 Å². The van der Waals surface area contributed by atoms with Gasteiger partial charge in [-0.1, -0.05) is 37.3 Å². The average Bonchev–Trinajstić information content (AvgIpc) is 2.42. The molecule has 0 amide bonds. The van der Waals surface area contributed by atoms with Gasteiger partial charge in [0, 0.05) is 41.0 Å². The van der Waals surface area contributed by atoms with Crippen molar-refractivity contribution in [2.24, 2.45) is 0 Å². The molecule has 1 aromatic carbocycles. The maximum atomic E-state index is 12.4. The number of ketones is 1. The van der Waals surface area contributed by atoms with Crippen LogP contribution in [0.25, 0.3) is 0 Å². The molecular weight excluding hydrogens is 246 g/mol. The van der Waals surface area contributed by atoms with Gasteiger partial charge < -0.3 is 0 Å². The van der Waals surface area contributed by atoms with Gasteiger partial charge in [-0.25, -0.2) is 0 Å². The van der Waals surface area contributed by atoms with E-state index in [1.54, 1.807) is 0 Å². The van der Waals surface area contributed by atoms with Crippen LogP contribution in [-0.2, 0) is 10.8 Å².